The Balaban J connectivity index is 0.000000339. The third-order valence-electron chi connectivity index (χ3n) is 5.41. The fourth-order valence-corrected chi connectivity index (χ4v) is 3.80. The highest BCUT2D eigenvalue weighted by Crippen LogP contribution is 2.28. The summed E-state index contributed by atoms with van der Waals surface area (Å²) in [5.74, 6) is -2.97. The minimum Gasteiger partial charge on any atom is -0.475 e. The van der Waals surface area contributed by atoms with Crippen molar-refractivity contribution in [3.63, 3.8) is 0 Å². The number of hydrogen-bond donors (Lipinski definition) is 3. The number of carboxylic acid groups (broad SMARTS) is 1. The average Bonchev–Trinajstić information content (AvgIpc) is 3.30. The first-order chi connectivity index (χ1) is 14.5. The summed E-state index contributed by atoms with van der Waals surface area (Å²) < 4.78 is 34.8. The van der Waals surface area contributed by atoms with E-state index in [-0.39, 0.29) is 18.0 Å². The van der Waals surface area contributed by atoms with E-state index >= 15 is 0 Å². The molecule has 0 saturated carbocycles. The van der Waals surface area contributed by atoms with Crippen LogP contribution in [0.1, 0.15) is 36.8 Å². The number of nitrogens with zero attached hydrogens (tertiary/aromatic N) is 2. The van der Waals surface area contributed by atoms with Gasteiger partial charge < -0.3 is 10.4 Å². The zero-order valence-electron chi connectivity index (χ0n) is 16.5. The third kappa shape index (κ3) is 4.63. The second kappa shape index (κ2) is 8.53. The van der Waals surface area contributed by atoms with E-state index < -0.39 is 24.1 Å². The molecule has 2 aliphatic rings. The lowest BCUT2D eigenvalue weighted by atomic mass is 9.98. The Morgan fingerprint density at radius 1 is 1.16 bits per heavy atom. The Morgan fingerprint density at radius 2 is 1.84 bits per heavy atom. The van der Waals surface area contributed by atoms with Crippen molar-refractivity contribution in [3.05, 3.63) is 34.2 Å². The highest BCUT2D eigenvalue weighted by molar-refractivity contribution is 6.00. The number of hydrogen-bond acceptors (Lipinski definition) is 5. The summed E-state index contributed by atoms with van der Waals surface area (Å²) in [5, 5.41) is 12.8. The van der Waals surface area contributed by atoms with E-state index in [4.69, 9.17) is 9.90 Å². The quantitative estimate of drug-likeness (QED) is 0.597. The molecule has 2 unspecified atom stereocenters. The highest BCUT2D eigenvalue weighted by atomic mass is 19.4. The van der Waals surface area contributed by atoms with Crippen molar-refractivity contribution in [2.24, 2.45) is 7.05 Å². The van der Waals surface area contributed by atoms with E-state index in [1.54, 1.807) is 11.6 Å². The van der Waals surface area contributed by atoms with Crippen LogP contribution in [-0.4, -0.2) is 51.3 Å². The number of carboxylic acids is 1. The van der Waals surface area contributed by atoms with Crippen molar-refractivity contribution >= 4 is 28.8 Å². The second-order valence-electron chi connectivity index (χ2n) is 7.42. The van der Waals surface area contributed by atoms with Crippen LogP contribution in [0.5, 0.6) is 0 Å². The molecule has 2 aliphatic heterocycles. The van der Waals surface area contributed by atoms with Crippen LogP contribution in [0.2, 0.25) is 0 Å². The molecule has 2 aromatic rings. The molecule has 1 aromatic heterocycles. The lowest BCUT2D eigenvalue weighted by Gasteiger charge is -2.22. The molecule has 12 heteroatoms. The van der Waals surface area contributed by atoms with E-state index in [0.717, 1.165) is 30.5 Å². The Hall–Kier alpha value is -3.15. The van der Waals surface area contributed by atoms with Crippen LogP contribution >= 0.6 is 0 Å². The van der Waals surface area contributed by atoms with Crippen LogP contribution < -0.4 is 16.3 Å². The number of carbonyl (C=O) groups excluding carboxylic acids is 2. The first-order valence-corrected chi connectivity index (χ1v) is 9.56. The molecule has 9 nitrogen and oxygen atoms in total. The molecule has 0 aliphatic carbocycles. The van der Waals surface area contributed by atoms with Gasteiger partial charge >= 0.3 is 17.8 Å². The predicted octanol–water partition coefficient (Wildman–Crippen LogP) is 1.03. The van der Waals surface area contributed by atoms with Crippen molar-refractivity contribution in [2.45, 2.75) is 37.4 Å². The fraction of sp³-hybridized carbons (Fsp3) is 0.474. The van der Waals surface area contributed by atoms with Gasteiger partial charge in [0.2, 0.25) is 11.8 Å². The maximum absolute atomic E-state index is 12.7. The molecule has 31 heavy (non-hydrogen) atoms. The van der Waals surface area contributed by atoms with Gasteiger partial charge in [0.1, 0.15) is 6.04 Å². The van der Waals surface area contributed by atoms with Gasteiger partial charge in [0.05, 0.1) is 11.0 Å². The van der Waals surface area contributed by atoms with E-state index in [1.165, 1.54) is 10.1 Å². The number of benzene rings is 1. The lowest BCUT2D eigenvalue weighted by Crippen LogP contribution is -2.44. The summed E-state index contributed by atoms with van der Waals surface area (Å²) >= 11 is 0. The monoisotopic (exact) mass is 442 g/mol. The van der Waals surface area contributed by atoms with Crippen LogP contribution in [0, 0.1) is 0 Å². The number of halogens is 3. The van der Waals surface area contributed by atoms with Gasteiger partial charge in [-0.25, -0.2) is 9.59 Å². The van der Waals surface area contributed by atoms with E-state index in [0.29, 0.717) is 12.3 Å². The zero-order valence-corrected chi connectivity index (χ0v) is 16.5. The Bertz CT molecular complexity index is 1080. The maximum Gasteiger partial charge on any atom is 0.490 e. The number of amides is 2. The third-order valence-corrected chi connectivity index (χ3v) is 5.41. The van der Waals surface area contributed by atoms with Gasteiger partial charge in [-0.05, 0) is 43.0 Å². The van der Waals surface area contributed by atoms with Gasteiger partial charge in [0, 0.05) is 20.0 Å². The second-order valence-corrected chi connectivity index (χ2v) is 7.42. The number of nitrogens with one attached hydrogen (secondary N) is 2. The molecule has 1 aromatic carbocycles. The van der Waals surface area contributed by atoms with Crippen molar-refractivity contribution in [3.8, 4) is 0 Å². The van der Waals surface area contributed by atoms with Crippen molar-refractivity contribution < 1.29 is 32.7 Å². The molecule has 2 amide bonds. The van der Waals surface area contributed by atoms with E-state index in [1.807, 2.05) is 12.1 Å². The topological polar surface area (TPSA) is 122 Å². The molecule has 4 rings (SSSR count). The highest BCUT2D eigenvalue weighted by Gasteiger charge is 2.38. The molecule has 0 bridgehead atoms. The molecule has 168 valence electrons. The number of carbonyl (C=O) groups is 3. The van der Waals surface area contributed by atoms with E-state index in [9.17, 15) is 27.6 Å². The largest absolute Gasteiger partial charge is 0.490 e. The Labute approximate surface area is 173 Å². The average molecular weight is 442 g/mol. The summed E-state index contributed by atoms with van der Waals surface area (Å²) in [7, 11) is 1.73. The zero-order chi connectivity index (χ0) is 22.9. The minimum absolute atomic E-state index is 0.221. The van der Waals surface area contributed by atoms with E-state index in [2.05, 4.69) is 16.7 Å². The molecule has 2 saturated heterocycles. The fourth-order valence-electron chi connectivity index (χ4n) is 3.80. The standard InChI is InChI=1S/C17H20N4O3.C2HF3O2/c1-20-14-8-10(11-6-7-18-9-11)2-3-12(14)21(17(20)24)13-4-5-15(22)19-16(13)23;3-2(4,5)1(6)7/h2-3,8,11,13,18H,4-7,9H2,1H3,(H,19,22,23);(H,6,7). The number of alkyl halides is 3. The van der Waals surface area contributed by atoms with Gasteiger partial charge in [-0.1, -0.05) is 6.07 Å². The van der Waals surface area contributed by atoms with Crippen molar-refractivity contribution in [2.75, 3.05) is 13.1 Å². The first kappa shape index (κ1) is 22.5. The Morgan fingerprint density at radius 3 is 2.39 bits per heavy atom. The predicted molar refractivity (Wildman–Crippen MR) is 103 cm³/mol. The molecule has 2 fully saturated rings. The van der Waals surface area contributed by atoms with Crippen molar-refractivity contribution in [1.82, 2.24) is 19.8 Å². The first-order valence-electron chi connectivity index (χ1n) is 9.56. The van der Waals surface area contributed by atoms with Crippen LogP contribution in [0.3, 0.4) is 0 Å². The van der Waals surface area contributed by atoms with Crippen LogP contribution in [-0.2, 0) is 21.4 Å². The van der Waals surface area contributed by atoms with Gasteiger partial charge in [0.25, 0.3) is 0 Å². The molecule has 3 heterocycles. The molecular weight excluding hydrogens is 421 g/mol. The lowest BCUT2D eigenvalue weighted by molar-refractivity contribution is -0.192. The summed E-state index contributed by atoms with van der Waals surface area (Å²) in [6, 6.07) is 5.39. The smallest absolute Gasteiger partial charge is 0.475 e. The van der Waals surface area contributed by atoms with Gasteiger partial charge in [0.15, 0.2) is 0 Å². The normalized spacial score (nSPS) is 21.5. The molecule has 0 radical (unpaired) electrons. The number of aliphatic carboxylic acids is 1. The van der Waals surface area contributed by atoms with Gasteiger partial charge in [-0.15, -0.1) is 0 Å². The SMILES string of the molecule is Cn1c(=O)n(C2CCC(=O)NC2=O)c2ccc(C3CCNC3)cc21.O=C(O)C(F)(F)F. The minimum atomic E-state index is -5.08. The van der Waals surface area contributed by atoms with Crippen LogP contribution in [0.25, 0.3) is 11.0 Å². The number of rotatable bonds is 2. The number of aromatic nitrogens is 2. The number of imide groups is 1. The molecule has 3 N–H and O–H groups in total. The summed E-state index contributed by atoms with van der Waals surface area (Å²) in [6.45, 7) is 1.96. The number of fused-ring (bicyclic) bond motifs is 1. The Kier molecular flexibility index (Phi) is 6.20. The van der Waals surface area contributed by atoms with Crippen molar-refractivity contribution in [1.29, 1.82) is 0 Å². The molecular formula is C19H21F3N4O5. The summed E-state index contributed by atoms with van der Waals surface area (Å²) in [5.41, 5.74) is 2.56. The maximum atomic E-state index is 12.7. The molecule has 0 spiro atoms. The van der Waals surface area contributed by atoms with Gasteiger partial charge in [-0.3, -0.25) is 24.0 Å². The number of piperidine rings is 1. The van der Waals surface area contributed by atoms with Crippen LogP contribution in [0.4, 0.5) is 13.2 Å². The van der Waals surface area contributed by atoms with Crippen LogP contribution in [0.15, 0.2) is 23.0 Å². The summed E-state index contributed by atoms with van der Waals surface area (Å²) in [4.78, 5) is 45.1. The summed E-state index contributed by atoms with van der Waals surface area (Å²) in [6.07, 6.45) is -3.38. The number of imidazole rings is 1. The number of aryl methyl sites for hydroxylation is 1. The van der Waals surface area contributed by atoms with Gasteiger partial charge in [-0.2, -0.15) is 13.2 Å². The molecule has 2 atom stereocenters.